The fourth-order valence-electron chi connectivity index (χ4n) is 3.06. The summed E-state index contributed by atoms with van der Waals surface area (Å²) in [7, 11) is 0. The number of hydrazine groups is 1. The maximum absolute atomic E-state index is 12.8. The van der Waals surface area contributed by atoms with Crippen molar-refractivity contribution < 1.29 is 14.4 Å². The predicted molar refractivity (Wildman–Crippen MR) is 96.8 cm³/mol. The molecule has 134 valence electrons. The first kappa shape index (κ1) is 17.7. The molecular formula is C20H21N3O3. The molecule has 0 spiro atoms. The summed E-state index contributed by atoms with van der Waals surface area (Å²) in [5, 5.41) is 3.43. The van der Waals surface area contributed by atoms with Crippen molar-refractivity contribution in [2.24, 2.45) is 0 Å². The Balaban J connectivity index is 1.69. The first-order valence-corrected chi connectivity index (χ1v) is 8.48. The van der Waals surface area contributed by atoms with Gasteiger partial charge < -0.3 is 5.32 Å². The molecule has 3 rings (SSSR count). The number of nitrogens with zero attached hydrogens (tertiary/aromatic N) is 1. The van der Waals surface area contributed by atoms with E-state index in [1.54, 1.807) is 31.2 Å². The molecule has 0 bridgehead atoms. The zero-order valence-corrected chi connectivity index (χ0v) is 14.7. The molecule has 1 saturated heterocycles. The highest BCUT2D eigenvalue weighted by atomic mass is 16.2. The summed E-state index contributed by atoms with van der Waals surface area (Å²) in [5.74, 6) is -0.922. The van der Waals surface area contributed by atoms with Crippen LogP contribution in [0.4, 0.5) is 4.79 Å². The van der Waals surface area contributed by atoms with E-state index in [4.69, 9.17) is 0 Å². The monoisotopic (exact) mass is 351 g/mol. The Labute approximate surface area is 152 Å². The van der Waals surface area contributed by atoms with Gasteiger partial charge in [-0.05, 0) is 24.0 Å². The summed E-state index contributed by atoms with van der Waals surface area (Å²) in [6.45, 7) is 3.55. The number of carbonyl (C=O) groups excluding carboxylic acids is 3. The molecule has 2 aromatic rings. The topological polar surface area (TPSA) is 78.5 Å². The molecule has 1 heterocycles. The number of hydrogen-bond donors (Lipinski definition) is 2. The molecule has 2 aromatic carbocycles. The lowest BCUT2D eigenvalue weighted by atomic mass is 9.92. The quantitative estimate of drug-likeness (QED) is 0.813. The van der Waals surface area contributed by atoms with Crippen LogP contribution in [0.1, 0.15) is 37.3 Å². The molecular weight excluding hydrogens is 330 g/mol. The van der Waals surface area contributed by atoms with Crippen LogP contribution < -0.4 is 10.7 Å². The molecule has 6 nitrogen and oxygen atoms in total. The van der Waals surface area contributed by atoms with E-state index in [1.165, 1.54) is 0 Å². The van der Waals surface area contributed by atoms with Crippen molar-refractivity contribution in [3.8, 4) is 0 Å². The number of rotatable bonds is 5. The van der Waals surface area contributed by atoms with Gasteiger partial charge in [-0.15, -0.1) is 0 Å². The standard InChI is InChI=1S/C20H21N3O3/c1-14(15-9-5-3-6-10-15)13-17(24)22-23-18(25)20(2,21-19(23)26)16-11-7-4-8-12-16/h3-12,14H,13H2,1-2H3,(H,21,26)(H,22,24). The predicted octanol–water partition coefficient (Wildman–Crippen LogP) is 2.68. The fourth-order valence-corrected chi connectivity index (χ4v) is 3.06. The number of carbonyl (C=O) groups is 3. The fraction of sp³-hybridized carbons (Fsp3) is 0.250. The number of hydrogen-bond acceptors (Lipinski definition) is 3. The number of imide groups is 1. The molecule has 1 aliphatic heterocycles. The molecule has 6 heteroatoms. The van der Waals surface area contributed by atoms with Gasteiger partial charge in [0, 0.05) is 6.42 Å². The third-order valence-corrected chi connectivity index (χ3v) is 4.64. The molecule has 26 heavy (non-hydrogen) atoms. The van der Waals surface area contributed by atoms with E-state index >= 15 is 0 Å². The minimum absolute atomic E-state index is 0.0301. The van der Waals surface area contributed by atoms with Crippen molar-refractivity contribution >= 4 is 17.8 Å². The summed E-state index contributed by atoms with van der Waals surface area (Å²) < 4.78 is 0. The van der Waals surface area contributed by atoms with Crippen LogP contribution in [0.25, 0.3) is 0 Å². The number of urea groups is 1. The average Bonchev–Trinajstić information content (AvgIpc) is 2.87. The lowest BCUT2D eigenvalue weighted by Gasteiger charge is -2.22. The molecule has 0 aliphatic carbocycles. The van der Waals surface area contributed by atoms with Gasteiger partial charge in [0.1, 0.15) is 5.54 Å². The largest absolute Gasteiger partial charge is 0.344 e. The van der Waals surface area contributed by atoms with Gasteiger partial charge in [-0.1, -0.05) is 67.6 Å². The van der Waals surface area contributed by atoms with Crippen molar-refractivity contribution in [1.82, 2.24) is 15.8 Å². The van der Waals surface area contributed by atoms with E-state index in [0.717, 1.165) is 10.6 Å². The van der Waals surface area contributed by atoms with Crippen LogP contribution in [-0.2, 0) is 15.1 Å². The molecule has 2 atom stereocenters. The van der Waals surface area contributed by atoms with Crippen molar-refractivity contribution in [2.75, 3.05) is 0 Å². The van der Waals surface area contributed by atoms with Crippen molar-refractivity contribution in [3.05, 3.63) is 71.8 Å². The number of benzene rings is 2. The highest BCUT2D eigenvalue weighted by Crippen LogP contribution is 2.28. The molecule has 0 saturated carbocycles. The van der Waals surface area contributed by atoms with Crippen LogP contribution in [-0.4, -0.2) is 22.9 Å². The van der Waals surface area contributed by atoms with Crippen molar-refractivity contribution in [1.29, 1.82) is 0 Å². The minimum Gasteiger partial charge on any atom is -0.318 e. The first-order valence-electron chi connectivity index (χ1n) is 8.48. The second-order valence-electron chi connectivity index (χ2n) is 6.61. The highest BCUT2D eigenvalue weighted by Gasteiger charge is 2.49. The smallest absolute Gasteiger partial charge is 0.318 e. The Morgan fingerprint density at radius 3 is 2.27 bits per heavy atom. The summed E-state index contributed by atoms with van der Waals surface area (Å²) in [5.41, 5.74) is 2.92. The summed E-state index contributed by atoms with van der Waals surface area (Å²) in [4.78, 5) is 37.3. The van der Waals surface area contributed by atoms with Crippen molar-refractivity contribution in [3.63, 3.8) is 0 Å². The van der Waals surface area contributed by atoms with Gasteiger partial charge in [-0.2, -0.15) is 5.01 Å². The normalized spacial score (nSPS) is 20.6. The van der Waals surface area contributed by atoms with Gasteiger partial charge >= 0.3 is 6.03 Å². The molecule has 2 unspecified atom stereocenters. The summed E-state index contributed by atoms with van der Waals surface area (Å²) >= 11 is 0. The van der Waals surface area contributed by atoms with Gasteiger partial charge in [0.2, 0.25) is 5.91 Å². The Bertz CT molecular complexity index is 823. The van der Waals surface area contributed by atoms with Crippen LogP contribution in [0, 0.1) is 0 Å². The molecule has 2 N–H and O–H groups in total. The molecule has 0 aromatic heterocycles. The Hall–Kier alpha value is -3.15. The van der Waals surface area contributed by atoms with Gasteiger partial charge in [-0.25, -0.2) is 4.79 Å². The van der Waals surface area contributed by atoms with Crippen LogP contribution in [0.15, 0.2) is 60.7 Å². The van der Waals surface area contributed by atoms with Crippen molar-refractivity contribution in [2.45, 2.75) is 31.7 Å². The second kappa shape index (κ2) is 7.00. The summed E-state index contributed by atoms with van der Waals surface area (Å²) in [6, 6.07) is 17.9. The lowest BCUT2D eigenvalue weighted by molar-refractivity contribution is -0.139. The Morgan fingerprint density at radius 1 is 1.08 bits per heavy atom. The van der Waals surface area contributed by atoms with E-state index in [0.29, 0.717) is 5.56 Å². The molecule has 4 amide bonds. The van der Waals surface area contributed by atoms with Crippen LogP contribution in [0.3, 0.4) is 0 Å². The van der Waals surface area contributed by atoms with Gasteiger partial charge in [-0.3, -0.25) is 15.0 Å². The average molecular weight is 351 g/mol. The highest BCUT2D eigenvalue weighted by molar-refractivity contribution is 6.08. The number of nitrogens with one attached hydrogen (secondary N) is 2. The Kier molecular flexibility index (Phi) is 4.75. The zero-order valence-electron chi connectivity index (χ0n) is 14.7. The van der Waals surface area contributed by atoms with Gasteiger partial charge in [0.05, 0.1) is 0 Å². The van der Waals surface area contributed by atoms with E-state index < -0.39 is 17.5 Å². The van der Waals surface area contributed by atoms with Gasteiger partial charge in [0.15, 0.2) is 0 Å². The lowest BCUT2D eigenvalue weighted by Crippen LogP contribution is -2.48. The zero-order chi connectivity index (χ0) is 18.7. The number of amides is 4. The molecule has 1 fully saturated rings. The van der Waals surface area contributed by atoms with Crippen LogP contribution in [0.5, 0.6) is 0 Å². The van der Waals surface area contributed by atoms with E-state index in [-0.39, 0.29) is 18.2 Å². The minimum atomic E-state index is -1.20. The van der Waals surface area contributed by atoms with E-state index in [1.807, 2.05) is 43.3 Å². The first-order chi connectivity index (χ1) is 12.4. The molecule has 0 radical (unpaired) electrons. The second-order valence-corrected chi connectivity index (χ2v) is 6.61. The van der Waals surface area contributed by atoms with E-state index in [9.17, 15) is 14.4 Å². The third kappa shape index (κ3) is 3.31. The Morgan fingerprint density at radius 2 is 1.65 bits per heavy atom. The third-order valence-electron chi connectivity index (χ3n) is 4.64. The van der Waals surface area contributed by atoms with E-state index in [2.05, 4.69) is 10.7 Å². The summed E-state index contributed by atoms with van der Waals surface area (Å²) in [6.07, 6.45) is 0.170. The van der Waals surface area contributed by atoms with Crippen LogP contribution in [0.2, 0.25) is 0 Å². The SMILES string of the molecule is CC(CC(=O)NN1C(=O)NC(C)(c2ccccc2)C1=O)c1ccccc1. The molecule has 1 aliphatic rings. The van der Waals surface area contributed by atoms with Gasteiger partial charge in [0.25, 0.3) is 5.91 Å². The van der Waals surface area contributed by atoms with Crippen LogP contribution >= 0.6 is 0 Å². The maximum atomic E-state index is 12.8. The maximum Gasteiger partial charge on any atom is 0.344 e.